The van der Waals surface area contributed by atoms with Crippen LogP contribution in [0.15, 0.2) is 42.5 Å². The van der Waals surface area contributed by atoms with Crippen molar-refractivity contribution >= 4 is 21.6 Å². The van der Waals surface area contributed by atoms with Gasteiger partial charge in [0.1, 0.15) is 18.2 Å². The van der Waals surface area contributed by atoms with Gasteiger partial charge < -0.3 is 4.74 Å². The van der Waals surface area contributed by atoms with Crippen molar-refractivity contribution in [1.29, 1.82) is 0 Å². The standard InChI is InChI=1S/C14H11BrFNO3/c15-8-10-2-1-3-13(6-10)20-9-11-7-12(16)4-5-14(11)17(18)19/h1-7H,8-9H2. The van der Waals surface area contributed by atoms with E-state index in [1.54, 1.807) is 6.07 Å². The molecule has 0 unspecified atom stereocenters. The van der Waals surface area contributed by atoms with Crippen molar-refractivity contribution in [1.82, 2.24) is 0 Å². The van der Waals surface area contributed by atoms with Crippen LogP contribution in [0.3, 0.4) is 0 Å². The van der Waals surface area contributed by atoms with Gasteiger partial charge in [-0.05, 0) is 29.8 Å². The van der Waals surface area contributed by atoms with Gasteiger partial charge >= 0.3 is 0 Å². The van der Waals surface area contributed by atoms with E-state index in [2.05, 4.69) is 15.9 Å². The van der Waals surface area contributed by atoms with Crippen LogP contribution < -0.4 is 4.74 Å². The lowest BCUT2D eigenvalue weighted by Crippen LogP contribution is -2.01. The molecule has 0 saturated heterocycles. The Hall–Kier alpha value is -1.95. The average molecular weight is 340 g/mol. The van der Waals surface area contributed by atoms with Gasteiger partial charge in [0, 0.05) is 11.4 Å². The third-order valence-corrected chi connectivity index (χ3v) is 3.33. The zero-order valence-electron chi connectivity index (χ0n) is 10.4. The highest BCUT2D eigenvalue weighted by Gasteiger charge is 2.14. The van der Waals surface area contributed by atoms with E-state index in [9.17, 15) is 14.5 Å². The molecule has 4 nitrogen and oxygen atoms in total. The second-order valence-electron chi connectivity index (χ2n) is 4.10. The summed E-state index contributed by atoms with van der Waals surface area (Å²) in [5.74, 6) is 0.0592. The third kappa shape index (κ3) is 3.54. The van der Waals surface area contributed by atoms with E-state index in [1.165, 1.54) is 0 Å². The number of halogens is 2. The Morgan fingerprint density at radius 3 is 2.75 bits per heavy atom. The molecule has 20 heavy (non-hydrogen) atoms. The molecule has 0 aliphatic carbocycles. The first-order valence-electron chi connectivity index (χ1n) is 5.80. The number of hydrogen-bond donors (Lipinski definition) is 0. The molecule has 0 aliphatic rings. The van der Waals surface area contributed by atoms with Gasteiger partial charge in [-0.1, -0.05) is 28.1 Å². The van der Waals surface area contributed by atoms with Crippen LogP contribution in [0, 0.1) is 15.9 Å². The van der Waals surface area contributed by atoms with Crippen LogP contribution in [-0.2, 0) is 11.9 Å². The Bertz CT molecular complexity index is 634. The van der Waals surface area contributed by atoms with E-state index in [1.807, 2.05) is 18.2 Å². The summed E-state index contributed by atoms with van der Waals surface area (Å²) in [4.78, 5) is 10.3. The fourth-order valence-electron chi connectivity index (χ4n) is 1.73. The van der Waals surface area contributed by atoms with E-state index in [0.717, 1.165) is 23.8 Å². The summed E-state index contributed by atoms with van der Waals surface area (Å²) in [5.41, 5.74) is 1.08. The van der Waals surface area contributed by atoms with Crippen molar-refractivity contribution in [3.63, 3.8) is 0 Å². The molecule has 0 fully saturated rings. The molecule has 0 heterocycles. The van der Waals surface area contributed by atoms with E-state index >= 15 is 0 Å². The lowest BCUT2D eigenvalue weighted by molar-refractivity contribution is -0.385. The lowest BCUT2D eigenvalue weighted by atomic mass is 10.2. The predicted octanol–water partition coefficient (Wildman–Crippen LogP) is 4.21. The van der Waals surface area contributed by atoms with Crippen molar-refractivity contribution in [3.8, 4) is 5.75 Å². The molecule has 6 heteroatoms. The summed E-state index contributed by atoms with van der Waals surface area (Å²) in [6.07, 6.45) is 0. The topological polar surface area (TPSA) is 52.4 Å². The maximum absolute atomic E-state index is 13.2. The van der Waals surface area contributed by atoms with Gasteiger partial charge in [0.15, 0.2) is 0 Å². The second kappa shape index (κ2) is 6.47. The zero-order chi connectivity index (χ0) is 14.5. The highest BCUT2D eigenvalue weighted by atomic mass is 79.9. The van der Waals surface area contributed by atoms with Crippen LogP contribution in [-0.4, -0.2) is 4.92 Å². The number of nitro benzene ring substituents is 1. The number of ether oxygens (including phenoxy) is 1. The minimum absolute atomic E-state index is 0.0557. The Balaban J connectivity index is 2.17. The fourth-order valence-corrected chi connectivity index (χ4v) is 2.08. The van der Waals surface area contributed by atoms with Crippen molar-refractivity contribution in [2.45, 2.75) is 11.9 Å². The molecule has 0 bridgehead atoms. The molecule has 0 spiro atoms. The lowest BCUT2D eigenvalue weighted by Gasteiger charge is -2.08. The molecule has 0 atom stereocenters. The smallest absolute Gasteiger partial charge is 0.276 e. The maximum Gasteiger partial charge on any atom is 0.276 e. The van der Waals surface area contributed by atoms with Gasteiger partial charge in [-0.2, -0.15) is 0 Å². The molecule has 0 aliphatic heterocycles. The van der Waals surface area contributed by atoms with Crippen molar-refractivity contribution in [2.75, 3.05) is 0 Å². The van der Waals surface area contributed by atoms with E-state index in [4.69, 9.17) is 4.74 Å². The first-order valence-corrected chi connectivity index (χ1v) is 6.93. The van der Waals surface area contributed by atoms with Crippen molar-refractivity contribution in [3.05, 3.63) is 69.5 Å². The SMILES string of the molecule is O=[N+]([O-])c1ccc(F)cc1COc1cccc(CBr)c1. The molecule has 0 N–H and O–H groups in total. The van der Waals surface area contributed by atoms with E-state index < -0.39 is 10.7 Å². The van der Waals surface area contributed by atoms with Crippen LogP contribution in [0.1, 0.15) is 11.1 Å². The Morgan fingerprint density at radius 2 is 2.05 bits per heavy atom. The molecule has 104 valence electrons. The summed E-state index contributed by atoms with van der Waals surface area (Å²) in [5, 5.41) is 11.6. The van der Waals surface area contributed by atoms with Gasteiger partial charge in [-0.15, -0.1) is 0 Å². The first-order chi connectivity index (χ1) is 9.60. The molecule has 2 aromatic carbocycles. The third-order valence-electron chi connectivity index (χ3n) is 2.69. The minimum atomic E-state index is -0.549. The normalized spacial score (nSPS) is 10.3. The molecule has 2 rings (SSSR count). The number of nitro groups is 1. The van der Waals surface area contributed by atoms with Crippen LogP contribution in [0.5, 0.6) is 5.75 Å². The fraction of sp³-hybridized carbons (Fsp3) is 0.143. The Labute approximate surface area is 123 Å². The molecule has 0 amide bonds. The number of nitrogens with zero attached hydrogens (tertiary/aromatic N) is 1. The van der Waals surface area contributed by atoms with Gasteiger partial charge in [-0.25, -0.2) is 4.39 Å². The van der Waals surface area contributed by atoms with Gasteiger partial charge in [0.2, 0.25) is 0 Å². The molecule has 0 saturated carbocycles. The summed E-state index contributed by atoms with van der Waals surface area (Å²) < 4.78 is 18.7. The van der Waals surface area contributed by atoms with Crippen LogP contribution in [0.2, 0.25) is 0 Å². The summed E-state index contributed by atoms with van der Waals surface area (Å²) in [7, 11) is 0. The molecular formula is C14H11BrFNO3. The molecule has 2 aromatic rings. The summed E-state index contributed by atoms with van der Waals surface area (Å²) in [6.45, 7) is -0.0557. The summed E-state index contributed by atoms with van der Waals surface area (Å²) in [6, 6.07) is 10.6. The van der Waals surface area contributed by atoms with E-state index in [0.29, 0.717) is 11.1 Å². The van der Waals surface area contributed by atoms with Crippen LogP contribution in [0.4, 0.5) is 10.1 Å². The maximum atomic E-state index is 13.2. The second-order valence-corrected chi connectivity index (χ2v) is 4.66. The average Bonchev–Trinajstić information content (AvgIpc) is 2.45. The predicted molar refractivity (Wildman–Crippen MR) is 76.5 cm³/mol. The van der Waals surface area contributed by atoms with Gasteiger partial charge in [0.25, 0.3) is 5.69 Å². The van der Waals surface area contributed by atoms with Gasteiger partial charge in [0.05, 0.1) is 10.5 Å². The monoisotopic (exact) mass is 339 g/mol. The highest BCUT2D eigenvalue weighted by molar-refractivity contribution is 9.08. The van der Waals surface area contributed by atoms with Crippen LogP contribution in [0.25, 0.3) is 0 Å². The first kappa shape index (κ1) is 14.5. The number of rotatable bonds is 5. The van der Waals surface area contributed by atoms with E-state index in [-0.39, 0.29) is 17.9 Å². The highest BCUT2D eigenvalue weighted by Crippen LogP contribution is 2.22. The summed E-state index contributed by atoms with van der Waals surface area (Å²) >= 11 is 3.33. The number of benzene rings is 2. The number of alkyl halides is 1. The van der Waals surface area contributed by atoms with Crippen molar-refractivity contribution in [2.24, 2.45) is 0 Å². The largest absolute Gasteiger partial charge is 0.489 e. The zero-order valence-corrected chi connectivity index (χ0v) is 12.0. The quantitative estimate of drug-likeness (QED) is 0.465. The Kier molecular flexibility index (Phi) is 4.68. The Morgan fingerprint density at radius 1 is 1.25 bits per heavy atom. The number of hydrogen-bond acceptors (Lipinski definition) is 3. The molecular weight excluding hydrogens is 329 g/mol. The molecule has 0 radical (unpaired) electrons. The molecule has 0 aromatic heterocycles. The van der Waals surface area contributed by atoms with Crippen molar-refractivity contribution < 1.29 is 14.1 Å². The minimum Gasteiger partial charge on any atom is -0.489 e. The van der Waals surface area contributed by atoms with Crippen LogP contribution >= 0.6 is 15.9 Å². The van der Waals surface area contributed by atoms with Gasteiger partial charge in [-0.3, -0.25) is 10.1 Å².